The molecule has 1 unspecified atom stereocenters. The Balaban J connectivity index is 2.31. The Morgan fingerprint density at radius 3 is 2.58 bits per heavy atom. The first-order valence-corrected chi connectivity index (χ1v) is 9.74. The van der Waals surface area contributed by atoms with Crippen molar-refractivity contribution in [2.24, 2.45) is 0 Å². The van der Waals surface area contributed by atoms with E-state index < -0.39 is 10.8 Å². The van der Waals surface area contributed by atoms with E-state index in [0.29, 0.717) is 10.9 Å². The average Bonchev–Trinajstić information content (AvgIpc) is 2.60. The van der Waals surface area contributed by atoms with E-state index in [0.717, 1.165) is 10.5 Å². The zero-order chi connectivity index (χ0) is 17.7. The third kappa shape index (κ3) is 4.30. The van der Waals surface area contributed by atoms with Crippen LogP contribution in [0.3, 0.4) is 0 Å². The zero-order valence-corrected chi connectivity index (χ0v) is 15.2. The zero-order valence-electron chi connectivity index (χ0n) is 13.6. The fourth-order valence-corrected chi connectivity index (χ4v) is 3.05. The predicted molar refractivity (Wildman–Crippen MR) is 101 cm³/mol. The molecule has 126 valence electrons. The Morgan fingerprint density at radius 1 is 1.21 bits per heavy atom. The Labute approximate surface area is 149 Å². The summed E-state index contributed by atoms with van der Waals surface area (Å²) in [7, 11) is 0. The number of hydrogen-bond donors (Lipinski definition) is 1. The molecule has 0 saturated heterocycles. The molecule has 0 fully saturated rings. The molecule has 1 N–H and O–H groups in total. The molecular weight excluding hydrogens is 344 g/mol. The molecule has 5 nitrogen and oxygen atoms in total. The lowest BCUT2D eigenvalue weighted by Gasteiger charge is -2.12. The first-order valence-electron chi connectivity index (χ1n) is 7.22. The standard InChI is InChI=1S/C17H18N2O3S2/c1-11(23-2)12-5-4-6-13(9-12)18-17(20)15-10-14(24-3)7-8-16(15)19(21)22/h4-11H,1-3H3,(H,18,20). The number of amides is 1. The van der Waals surface area contributed by atoms with E-state index in [1.165, 1.54) is 17.8 Å². The van der Waals surface area contributed by atoms with Gasteiger partial charge in [-0.3, -0.25) is 14.9 Å². The van der Waals surface area contributed by atoms with Gasteiger partial charge in [-0.2, -0.15) is 11.8 Å². The molecule has 1 atom stereocenters. The largest absolute Gasteiger partial charge is 0.322 e. The number of carbonyl (C=O) groups is 1. The molecule has 0 aliphatic carbocycles. The molecule has 0 saturated carbocycles. The SMILES string of the molecule is CSc1ccc([N+](=O)[O-])c(C(=O)Nc2cccc(C(C)SC)c2)c1. The van der Waals surface area contributed by atoms with Crippen LogP contribution in [0, 0.1) is 10.1 Å². The molecule has 0 aliphatic rings. The van der Waals surface area contributed by atoms with Crippen molar-refractivity contribution in [2.45, 2.75) is 17.1 Å². The second-order valence-corrected chi connectivity index (χ2v) is 7.16. The maximum atomic E-state index is 12.5. The Kier molecular flexibility index (Phi) is 6.28. The molecule has 0 aromatic heterocycles. The van der Waals surface area contributed by atoms with Gasteiger partial charge in [-0.05, 0) is 49.3 Å². The number of nitrogens with one attached hydrogen (secondary N) is 1. The maximum Gasteiger partial charge on any atom is 0.282 e. The second kappa shape index (κ2) is 8.21. The van der Waals surface area contributed by atoms with Crippen molar-refractivity contribution in [3.05, 3.63) is 63.7 Å². The highest BCUT2D eigenvalue weighted by Crippen LogP contribution is 2.29. The summed E-state index contributed by atoms with van der Waals surface area (Å²) in [5.41, 5.74) is 1.59. The van der Waals surface area contributed by atoms with E-state index in [1.54, 1.807) is 30.0 Å². The van der Waals surface area contributed by atoms with Crippen molar-refractivity contribution in [3.63, 3.8) is 0 Å². The quantitative estimate of drug-likeness (QED) is 0.445. The molecule has 2 aromatic rings. The van der Waals surface area contributed by atoms with Gasteiger partial charge < -0.3 is 5.32 Å². The number of nitrogens with zero attached hydrogens (tertiary/aromatic N) is 1. The summed E-state index contributed by atoms with van der Waals surface area (Å²) in [5.74, 6) is -0.480. The van der Waals surface area contributed by atoms with E-state index in [9.17, 15) is 14.9 Å². The van der Waals surface area contributed by atoms with Gasteiger partial charge in [-0.25, -0.2) is 0 Å². The van der Waals surface area contributed by atoms with Crippen molar-refractivity contribution in [2.75, 3.05) is 17.8 Å². The molecule has 2 aromatic carbocycles. The number of benzene rings is 2. The van der Waals surface area contributed by atoms with E-state index in [1.807, 2.05) is 30.7 Å². The van der Waals surface area contributed by atoms with Crippen molar-refractivity contribution in [1.29, 1.82) is 0 Å². The predicted octanol–water partition coefficient (Wildman–Crippen LogP) is 4.99. The summed E-state index contributed by atoms with van der Waals surface area (Å²) >= 11 is 3.14. The van der Waals surface area contributed by atoms with Crippen molar-refractivity contribution in [3.8, 4) is 0 Å². The topological polar surface area (TPSA) is 72.2 Å². The summed E-state index contributed by atoms with van der Waals surface area (Å²) < 4.78 is 0. The van der Waals surface area contributed by atoms with E-state index >= 15 is 0 Å². The summed E-state index contributed by atoms with van der Waals surface area (Å²) in [6.45, 7) is 2.08. The molecule has 0 radical (unpaired) electrons. The van der Waals surface area contributed by atoms with Gasteiger partial charge in [0.15, 0.2) is 0 Å². The Hall–Kier alpha value is -1.99. The van der Waals surface area contributed by atoms with Gasteiger partial charge in [0.2, 0.25) is 0 Å². The van der Waals surface area contributed by atoms with Crippen LogP contribution in [-0.2, 0) is 0 Å². The molecule has 0 bridgehead atoms. The highest BCUT2D eigenvalue weighted by atomic mass is 32.2. The highest BCUT2D eigenvalue weighted by Gasteiger charge is 2.21. The monoisotopic (exact) mass is 362 g/mol. The van der Waals surface area contributed by atoms with Crippen molar-refractivity contribution >= 4 is 40.8 Å². The van der Waals surface area contributed by atoms with Crippen LogP contribution in [0.4, 0.5) is 11.4 Å². The number of carbonyl (C=O) groups excluding carboxylic acids is 1. The Morgan fingerprint density at radius 2 is 1.96 bits per heavy atom. The van der Waals surface area contributed by atoms with Crippen LogP contribution < -0.4 is 5.32 Å². The number of thioether (sulfide) groups is 2. The number of hydrogen-bond acceptors (Lipinski definition) is 5. The van der Waals surface area contributed by atoms with Crippen LogP contribution in [-0.4, -0.2) is 23.3 Å². The van der Waals surface area contributed by atoms with E-state index in [4.69, 9.17) is 0 Å². The highest BCUT2D eigenvalue weighted by molar-refractivity contribution is 7.98. The van der Waals surface area contributed by atoms with Gasteiger partial charge in [0, 0.05) is 21.9 Å². The molecule has 24 heavy (non-hydrogen) atoms. The minimum atomic E-state index is -0.536. The number of nitro groups is 1. The first kappa shape index (κ1) is 18.4. The van der Waals surface area contributed by atoms with Crippen LogP contribution in [0.25, 0.3) is 0 Å². The molecule has 1 amide bonds. The van der Waals surface area contributed by atoms with Gasteiger partial charge in [0.05, 0.1) is 4.92 Å². The van der Waals surface area contributed by atoms with Gasteiger partial charge in [0.1, 0.15) is 5.56 Å². The fraction of sp³-hybridized carbons (Fsp3) is 0.235. The average molecular weight is 362 g/mol. The molecule has 7 heteroatoms. The van der Waals surface area contributed by atoms with Gasteiger partial charge >= 0.3 is 0 Å². The molecule has 0 heterocycles. The lowest BCUT2D eigenvalue weighted by molar-refractivity contribution is -0.385. The number of anilines is 1. The van der Waals surface area contributed by atoms with Crippen molar-refractivity contribution in [1.82, 2.24) is 0 Å². The van der Waals surface area contributed by atoms with Crippen molar-refractivity contribution < 1.29 is 9.72 Å². The third-order valence-electron chi connectivity index (χ3n) is 3.61. The summed E-state index contributed by atoms with van der Waals surface area (Å²) in [6.07, 6.45) is 3.88. The molecular formula is C17H18N2O3S2. The second-order valence-electron chi connectivity index (χ2n) is 5.10. The smallest absolute Gasteiger partial charge is 0.282 e. The Bertz CT molecular complexity index is 765. The first-order chi connectivity index (χ1) is 11.5. The maximum absolute atomic E-state index is 12.5. The third-order valence-corrected chi connectivity index (χ3v) is 5.32. The van der Waals surface area contributed by atoms with Crippen LogP contribution >= 0.6 is 23.5 Å². The van der Waals surface area contributed by atoms with Gasteiger partial charge in [-0.15, -0.1) is 11.8 Å². The number of nitro benzene ring substituents is 1. The molecule has 2 rings (SSSR count). The molecule has 0 spiro atoms. The minimum Gasteiger partial charge on any atom is -0.322 e. The van der Waals surface area contributed by atoms with Crippen LogP contribution in [0.2, 0.25) is 0 Å². The van der Waals surface area contributed by atoms with E-state index in [2.05, 4.69) is 12.2 Å². The summed E-state index contributed by atoms with van der Waals surface area (Å²) in [6, 6.07) is 12.1. The fourth-order valence-electron chi connectivity index (χ4n) is 2.19. The van der Waals surface area contributed by atoms with E-state index in [-0.39, 0.29) is 11.3 Å². The number of rotatable bonds is 6. The normalized spacial score (nSPS) is 11.8. The van der Waals surface area contributed by atoms with Crippen LogP contribution in [0.15, 0.2) is 47.4 Å². The van der Waals surface area contributed by atoms with Crippen LogP contribution in [0.1, 0.15) is 28.1 Å². The van der Waals surface area contributed by atoms with Crippen LogP contribution in [0.5, 0.6) is 0 Å². The minimum absolute atomic E-state index is 0.0650. The van der Waals surface area contributed by atoms with Gasteiger partial charge in [0.25, 0.3) is 11.6 Å². The lowest BCUT2D eigenvalue weighted by atomic mass is 10.1. The lowest BCUT2D eigenvalue weighted by Crippen LogP contribution is -2.14. The van der Waals surface area contributed by atoms with Gasteiger partial charge in [-0.1, -0.05) is 12.1 Å². The summed E-state index contributed by atoms with van der Waals surface area (Å²) in [5, 5.41) is 14.2. The molecule has 0 aliphatic heterocycles. The summed E-state index contributed by atoms with van der Waals surface area (Å²) in [4.78, 5) is 24.0.